The first-order chi connectivity index (χ1) is 9.81. The molecule has 0 aromatic heterocycles. The van der Waals surface area contributed by atoms with Crippen molar-refractivity contribution in [3.8, 4) is 11.8 Å². The molecule has 0 aliphatic carbocycles. The van der Waals surface area contributed by atoms with Crippen LogP contribution in [0.1, 0.15) is 32.8 Å². The van der Waals surface area contributed by atoms with Crippen LogP contribution in [0.25, 0.3) is 0 Å². The second-order valence-electron chi connectivity index (χ2n) is 5.31. The summed E-state index contributed by atoms with van der Waals surface area (Å²) in [7, 11) is 0. The van der Waals surface area contributed by atoms with Crippen LogP contribution >= 0.6 is 0 Å². The molecule has 0 heterocycles. The minimum Gasteiger partial charge on any atom is -0.490 e. The van der Waals surface area contributed by atoms with Gasteiger partial charge >= 0.3 is 0 Å². The Morgan fingerprint density at radius 3 is 2.76 bits per heavy atom. The topological polar surface area (TPSA) is 88.2 Å². The van der Waals surface area contributed by atoms with Crippen molar-refractivity contribution >= 4 is 5.69 Å². The fourth-order valence-corrected chi connectivity index (χ4v) is 2.21. The van der Waals surface area contributed by atoms with Gasteiger partial charge in [0.15, 0.2) is 0 Å². The highest BCUT2D eigenvalue weighted by Crippen LogP contribution is 2.26. The Labute approximate surface area is 124 Å². The molecule has 1 aromatic carbocycles. The summed E-state index contributed by atoms with van der Waals surface area (Å²) in [4.78, 5) is 10.4. The molecular formula is C15H21N3O3. The number of nitriles is 1. The third-order valence-electron chi connectivity index (χ3n) is 3.22. The van der Waals surface area contributed by atoms with E-state index >= 15 is 0 Å². The van der Waals surface area contributed by atoms with E-state index in [2.05, 4.69) is 11.4 Å². The fourth-order valence-electron chi connectivity index (χ4n) is 2.21. The summed E-state index contributed by atoms with van der Waals surface area (Å²) in [5.74, 6) is 0.480. The van der Waals surface area contributed by atoms with Crippen LogP contribution in [0.2, 0.25) is 0 Å². The molecule has 0 spiro atoms. The predicted octanol–water partition coefficient (Wildman–Crippen LogP) is 2.95. The Hall–Kier alpha value is -2.13. The average molecular weight is 291 g/mol. The van der Waals surface area contributed by atoms with Gasteiger partial charge in [0.2, 0.25) is 0 Å². The molecule has 0 radical (unpaired) electrons. The van der Waals surface area contributed by atoms with Gasteiger partial charge in [0.1, 0.15) is 11.3 Å². The monoisotopic (exact) mass is 291 g/mol. The maximum atomic E-state index is 10.8. The summed E-state index contributed by atoms with van der Waals surface area (Å²) in [6, 6.07) is 6.77. The van der Waals surface area contributed by atoms with E-state index in [0.29, 0.717) is 18.7 Å². The van der Waals surface area contributed by atoms with Crippen LogP contribution in [-0.4, -0.2) is 23.1 Å². The SMILES string of the molecule is CCNC(C)(C#N)CC(C)Oc1cc([N+](=O)[O-])ccc1C. The number of hydrogen-bond donors (Lipinski definition) is 1. The fraction of sp³-hybridized carbons (Fsp3) is 0.533. The molecule has 0 fully saturated rings. The quantitative estimate of drug-likeness (QED) is 0.616. The second-order valence-corrected chi connectivity index (χ2v) is 5.31. The van der Waals surface area contributed by atoms with E-state index in [9.17, 15) is 15.4 Å². The predicted molar refractivity (Wildman–Crippen MR) is 80.2 cm³/mol. The van der Waals surface area contributed by atoms with Gasteiger partial charge in [0.05, 0.1) is 23.2 Å². The molecule has 6 nitrogen and oxygen atoms in total. The van der Waals surface area contributed by atoms with E-state index < -0.39 is 10.5 Å². The molecule has 21 heavy (non-hydrogen) atoms. The Balaban J connectivity index is 2.84. The largest absolute Gasteiger partial charge is 0.490 e. The highest BCUT2D eigenvalue weighted by molar-refractivity contribution is 5.43. The number of ether oxygens (including phenoxy) is 1. The average Bonchev–Trinajstić information content (AvgIpc) is 2.41. The van der Waals surface area contributed by atoms with E-state index in [0.717, 1.165) is 5.56 Å². The number of nitrogens with one attached hydrogen (secondary N) is 1. The Kier molecular flexibility index (Phi) is 5.68. The van der Waals surface area contributed by atoms with Gasteiger partial charge in [-0.3, -0.25) is 15.4 Å². The number of non-ortho nitro benzene ring substituents is 1. The molecule has 0 aliphatic rings. The van der Waals surface area contributed by atoms with Crippen LogP contribution < -0.4 is 10.1 Å². The number of benzene rings is 1. The van der Waals surface area contributed by atoms with Crippen LogP contribution in [-0.2, 0) is 0 Å². The lowest BCUT2D eigenvalue weighted by Gasteiger charge is -2.26. The summed E-state index contributed by atoms with van der Waals surface area (Å²) < 4.78 is 5.78. The molecule has 1 rings (SSSR count). The minimum absolute atomic E-state index is 0.00229. The van der Waals surface area contributed by atoms with Gasteiger partial charge in [-0.15, -0.1) is 0 Å². The van der Waals surface area contributed by atoms with Crippen molar-refractivity contribution in [2.75, 3.05) is 6.54 Å². The van der Waals surface area contributed by atoms with Crippen LogP contribution in [0.5, 0.6) is 5.75 Å². The highest BCUT2D eigenvalue weighted by atomic mass is 16.6. The number of nitrogens with zero attached hydrogens (tertiary/aromatic N) is 2. The lowest BCUT2D eigenvalue weighted by atomic mass is 9.96. The minimum atomic E-state index is -0.678. The molecule has 114 valence electrons. The number of nitro groups is 1. The van der Waals surface area contributed by atoms with Crippen LogP contribution in [0.4, 0.5) is 5.69 Å². The summed E-state index contributed by atoms with van der Waals surface area (Å²) in [6.07, 6.45) is 0.244. The van der Waals surface area contributed by atoms with E-state index in [1.54, 1.807) is 6.07 Å². The molecule has 6 heteroatoms. The van der Waals surface area contributed by atoms with E-state index in [1.165, 1.54) is 12.1 Å². The Morgan fingerprint density at radius 1 is 1.57 bits per heavy atom. The van der Waals surface area contributed by atoms with Gasteiger partial charge in [-0.2, -0.15) is 5.26 Å². The van der Waals surface area contributed by atoms with Gasteiger partial charge < -0.3 is 4.74 Å². The van der Waals surface area contributed by atoms with Gasteiger partial charge in [0.25, 0.3) is 5.69 Å². The summed E-state index contributed by atoms with van der Waals surface area (Å²) >= 11 is 0. The van der Waals surface area contributed by atoms with Crippen molar-refractivity contribution in [1.29, 1.82) is 5.26 Å². The van der Waals surface area contributed by atoms with Gasteiger partial charge in [-0.25, -0.2) is 0 Å². The van der Waals surface area contributed by atoms with Crippen molar-refractivity contribution < 1.29 is 9.66 Å². The zero-order chi connectivity index (χ0) is 16.0. The van der Waals surface area contributed by atoms with Gasteiger partial charge in [-0.05, 0) is 38.9 Å². The lowest BCUT2D eigenvalue weighted by molar-refractivity contribution is -0.385. The maximum absolute atomic E-state index is 10.8. The van der Waals surface area contributed by atoms with Crippen LogP contribution in [0.15, 0.2) is 18.2 Å². The standard InChI is InChI=1S/C15H21N3O3/c1-5-17-15(4,10-16)9-12(3)21-14-8-13(18(19)20)7-6-11(14)2/h6-8,12,17H,5,9H2,1-4H3. The highest BCUT2D eigenvalue weighted by Gasteiger charge is 2.26. The summed E-state index contributed by atoms with van der Waals surface area (Å²) in [5.41, 5.74) is 0.148. The third-order valence-corrected chi connectivity index (χ3v) is 3.22. The summed E-state index contributed by atoms with van der Waals surface area (Å²) in [5, 5.41) is 23.2. The first-order valence-corrected chi connectivity index (χ1v) is 6.89. The lowest BCUT2D eigenvalue weighted by Crippen LogP contribution is -2.44. The normalized spacial score (nSPS) is 14.8. The van der Waals surface area contributed by atoms with Crippen molar-refractivity contribution in [2.45, 2.75) is 45.8 Å². The zero-order valence-corrected chi connectivity index (χ0v) is 12.8. The van der Waals surface area contributed by atoms with Crippen molar-refractivity contribution in [3.63, 3.8) is 0 Å². The molecule has 1 N–H and O–H groups in total. The molecule has 0 saturated heterocycles. The number of aryl methyl sites for hydroxylation is 1. The Bertz CT molecular complexity index is 554. The van der Waals surface area contributed by atoms with Gasteiger partial charge in [-0.1, -0.05) is 6.92 Å². The molecule has 2 unspecified atom stereocenters. The van der Waals surface area contributed by atoms with E-state index in [-0.39, 0.29) is 11.8 Å². The maximum Gasteiger partial charge on any atom is 0.273 e. The van der Waals surface area contributed by atoms with E-state index in [4.69, 9.17) is 4.74 Å². The Morgan fingerprint density at radius 2 is 2.24 bits per heavy atom. The van der Waals surface area contributed by atoms with Crippen LogP contribution in [0, 0.1) is 28.4 Å². The first-order valence-electron chi connectivity index (χ1n) is 6.89. The van der Waals surface area contributed by atoms with Crippen molar-refractivity contribution in [2.24, 2.45) is 0 Å². The molecule has 0 amide bonds. The molecule has 2 atom stereocenters. The third kappa shape index (κ3) is 4.72. The zero-order valence-electron chi connectivity index (χ0n) is 12.8. The van der Waals surface area contributed by atoms with Crippen LogP contribution in [0.3, 0.4) is 0 Å². The molecule has 0 aliphatic heterocycles. The van der Waals surface area contributed by atoms with E-state index in [1.807, 2.05) is 27.7 Å². The summed E-state index contributed by atoms with van der Waals surface area (Å²) in [6.45, 7) is 8.12. The first kappa shape index (κ1) is 16.9. The second kappa shape index (κ2) is 7.04. The molecule has 0 bridgehead atoms. The number of nitro benzene ring substituents is 1. The smallest absolute Gasteiger partial charge is 0.273 e. The van der Waals surface area contributed by atoms with Crippen molar-refractivity contribution in [3.05, 3.63) is 33.9 Å². The molecular weight excluding hydrogens is 270 g/mol. The van der Waals surface area contributed by atoms with Gasteiger partial charge in [0, 0.05) is 12.5 Å². The number of rotatable bonds is 7. The molecule has 0 saturated carbocycles. The molecule has 1 aromatic rings. The van der Waals surface area contributed by atoms with Crippen molar-refractivity contribution in [1.82, 2.24) is 5.32 Å². The number of hydrogen-bond acceptors (Lipinski definition) is 5.